The minimum absolute atomic E-state index is 0.0701. The van der Waals surface area contributed by atoms with Crippen molar-refractivity contribution in [2.45, 2.75) is 62.3 Å². The van der Waals surface area contributed by atoms with Gasteiger partial charge in [-0.25, -0.2) is 12.8 Å². The molecule has 206 valence electrons. The fraction of sp³-hybridized carbons (Fsp3) is 0.267. The molecular weight excluding hydrogens is 531 g/mol. The van der Waals surface area contributed by atoms with Crippen molar-refractivity contribution in [1.82, 2.24) is 14.5 Å². The van der Waals surface area contributed by atoms with Crippen LogP contribution < -0.4 is 5.56 Å². The normalized spacial score (nSPS) is 12.2. The van der Waals surface area contributed by atoms with Gasteiger partial charge in [-0.15, -0.1) is 0 Å². The lowest BCUT2D eigenvalue weighted by atomic mass is 10.0. The highest BCUT2D eigenvalue weighted by atomic mass is 32.2. The van der Waals surface area contributed by atoms with E-state index >= 15 is 0 Å². The lowest BCUT2D eigenvalue weighted by molar-refractivity contribution is 0.406. The topological polar surface area (TPSA) is 126 Å². The van der Waals surface area contributed by atoms with Gasteiger partial charge in [0.05, 0.1) is 22.6 Å². The van der Waals surface area contributed by atoms with Crippen molar-refractivity contribution >= 4 is 9.84 Å². The molecule has 8 nitrogen and oxygen atoms in total. The maximum atomic E-state index is 14.4. The highest BCUT2D eigenvalue weighted by Gasteiger charge is 2.31. The number of halogens is 1. The number of sulfone groups is 1. The van der Waals surface area contributed by atoms with Crippen LogP contribution in [0.5, 0.6) is 5.88 Å². The number of aromatic hydroxyl groups is 1. The first kappa shape index (κ1) is 28.6. The number of unbranched alkanes of at least 4 members (excludes halogenated alkanes) is 1. The van der Waals surface area contributed by atoms with Gasteiger partial charge in [0, 0.05) is 18.8 Å². The second-order valence-corrected chi connectivity index (χ2v) is 11.4. The van der Waals surface area contributed by atoms with Crippen LogP contribution in [0.3, 0.4) is 0 Å². The minimum atomic E-state index is -4.50. The number of nitriles is 1. The van der Waals surface area contributed by atoms with Crippen molar-refractivity contribution in [1.29, 1.82) is 5.26 Å². The lowest BCUT2D eigenvalue weighted by Gasteiger charge is -2.23. The van der Waals surface area contributed by atoms with Gasteiger partial charge in [-0.2, -0.15) is 10.2 Å². The number of hydrogen-bond donors (Lipinski definition) is 1. The number of nitrogens with zero attached hydrogens (tertiary/aromatic N) is 4. The van der Waals surface area contributed by atoms with Gasteiger partial charge >= 0.3 is 0 Å². The van der Waals surface area contributed by atoms with Crippen LogP contribution in [0.4, 0.5) is 4.39 Å². The monoisotopic (exact) mass is 560 g/mol. The average molecular weight is 561 g/mol. The summed E-state index contributed by atoms with van der Waals surface area (Å²) in [4.78, 5) is 21.2. The molecule has 1 N–H and O–H groups in total. The van der Waals surface area contributed by atoms with E-state index in [0.29, 0.717) is 12.0 Å². The summed E-state index contributed by atoms with van der Waals surface area (Å²) in [7, 11) is -4.50. The van der Waals surface area contributed by atoms with E-state index < -0.39 is 38.0 Å². The van der Waals surface area contributed by atoms with E-state index in [1.807, 2.05) is 26.0 Å². The third-order valence-corrected chi connectivity index (χ3v) is 8.57. The fourth-order valence-electron chi connectivity index (χ4n) is 4.78. The van der Waals surface area contributed by atoms with E-state index in [1.165, 1.54) is 28.8 Å². The second kappa shape index (κ2) is 11.8. The van der Waals surface area contributed by atoms with E-state index in [1.54, 1.807) is 31.5 Å². The first-order valence-corrected chi connectivity index (χ1v) is 14.4. The van der Waals surface area contributed by atoms with Crippen molar-refractivity contribution in [3.8, 4) is 23.1 Å². The molecule has 0 saturated carbocycles. The first-order chi connectivity index (χ1) is 19.1. The Hall–Kier alpha value is -4.36. The van der Waals surface area contributed by atoms with Crippen LogP contribution in [-0.2, 0) is 16.3 Å². The summed E-state index contributed by atoms with van der Waals surface area (Å²) in [5.41, 5.74) is 1.99. The summed E-state index contributed by atoms with van der Waals surface area (Å²) >= 11 is 0. The van der Waals surface area contributed by atoms with Crippen LogP contribution >= 0.6 is 0 Å². The Balaban J connectivity index is 1.90. The molecule has 0 spiro atoms. The van der Waals surface area contributed by atoms with E-state index in [0.717, 1.165) is 29.2 Å². The Morgan fingerprint density at radius 3 is 2.48 bits per heavy atom. The Labute approximate surface area is 232 Å². The van der Waals surface area contributed by atoms with Crippen molar-refractivity contribution < 1.29 is 17.9 Å². The molecule has 2 aromatic carbocycles. The van der Waals surface area contributed by atoms with Gasteiger partial charge in [-0.05, 0) is 78.4 Å². The van der Waals surface area contributed by atoms with Crippen molar-refractivity contribution in [2.24, 2.45) is 0 Å². The molecule has 1 atom stereocenters. The molecule has 4 aromatic rings. The van der Waals surface area contributed by atoms with Gasteiger partial charge in [0.2, 0.25) is 15.7 Å². The van der Waals surface area contributed by atoms with E-state index in [-0.39, 0.29) is 29.1 Å². The number of hydrogen-bond acceptors (Lipinski definition) is 7. The molecule has 0 aliphatic rings. The van der Waals surface area contributed by atoms with E-state index in [9.17, 15) is 28.0 Å². The Kier molecular flexibility index (Phi) is 8.45. The molecule has 0 aliphatic heterocycles. The standard InChI is InChI=1S/C30H29FN4O4S/c1-4-6-7-27-34-29(36)28(30(37)35(27)26(5-2)22-14-20(17-32)15-23(31)16-22)40(38,39)24-10-8-21(9-11-24)25-12-13-33-18-19(25)3/h8-16,18,26,36H,4-7H2,1-3H3/t26-/m0/s1. The summed E-state index contributed by atoms with van der Waals surface area (Å²) in [5, 5.41) is 20.1. The fourth-order valence-corrected chi connectivity index (χ4v) is 6.13. The van der Waals surface area contributed by atoms with E-state index in [2.05, 4.69) is 9.97 Å². The molecule has 2 aromatic heterocycles. The van der Waals surface area contributed by atoms with Crippen LogP contribution in [0.15, 0.2) is 75.5 Å². The molecule has 10 heteroatoms. The molecule has 0 amide bonds. The molecule has 0 aliphatic carbocycles. The molecule has 4 rings (SSSR count). The van der Waals surface area contributed by atoms with Crippen LogP contribution in [0.25, 0.3) is 11.1 Å². The van der Waals surface area contributed by atoms with Gasteiger partial charge in [0.15, 0.2) is 4.90 Å². The summed E-state index contributed by atoms with van der Waals surface area (Å²) < 4.78 is 43.1. The largest absolute Gasteiger partial charge is 0.492 e. The molecule has 0 fully saturated rings. The zero-order valence-corrected chi connectivity index (χ0v) is 23.2. The zero-order valence-electron chi connectivity index (χ0n) is 22.4. The van der Waals surface area contributed by atoms with Gasteiger partial charge < -0.3 is 5.11 Å². The highest BCUT2D eigenvalue weighted by molar-refractivity contribution is 7.91. The van der Waals surface area contributed by atoms with Gasteiger partial charge in [-0.3, -0.25) is 14.3 Å². The molecule has 40 heavy (non-hydrogen) atoms. The SMILES string of the molecule is CCCCc1nc(O)c(S(=O)(=O)c2ccc(-c3ccncc3C)cc2)c(=O)n1[C@@H](CC)c1cc(F)cc(C#N)c1. The van der Waals surface area contributed by atoms with Gasteiger partial charge in [0.1, 0.15) is 11.6 Å². The van der Waals surface area contributed by atoms with Crippen molar-refractivity contribution in [3.63, 3.8) is 0 Å². The van der Waals surface area contributed by atoms with Crippen molar-refractivity contribution in [3.05, 3.63) is 99.6 Å². The smallest absolute Gasteiger partial charge is 0.277 e. The molecule has 0 radical (unpaired) electrons. The summed E-state index contributed by atoms with van der Waals surface area (Å²) in [6.07, 6.45) is 5.29. The number of aromatic nitrogens is 3. The zero-order chi connectivity index (χ0) is 29.0. The summed E-state index contributed by atoms with van der Waals surface area (Å²) in [6, 6.07) is 12.7. The minimum Gasteiger partial charge on any atom is -0.492 e. The number of pyridine rings is 1. The average Bonchev–Trinajstić information content (AvgIpc) is 2.93. The molecule has 0 saturated heterocycles. The Morgan fingerprint density at radius 2 is 1.85 bits per heavy atom. The molecule has 0 bridgehead atoms. The number of rotatable bonds is 9. The predicted molar refractivity (Wildman–Crippen MR) is 148 cm³/mol. The summed E-state index contributed by atoms with van der Waals surface area (Å²) in [6.45, 7) is 5.60. The maximum absolute atomic E-state index is 14.4. The van der Waals surface area contributed by atoms with Crippen molar-refractivity contribution in [2.75, 3.05) is 0 Å². The van der Waals surface area contributed by atoms with Crippen LogP contribution in [-0.4, -0.2) is 28.1 Å². The third-order valence-electron chi connectivity index (χ3n) is 6.78. The summed E-state index contributed by atoms with van der Waals surface area (Å²) in [5.74, 6) is -1.35. The Morgan fingerprint density at radius 1 is 1.12 bits per heavy atom. The van der Waals surface area contributed by atoms with Crippen LogP contribution in [0, 0.1) is 24.1 Å². The lowest BCUT2D eigenvalue weighted by Crippen LogP contribution is -2.33. The molecular formula is C30H29FN4O4S. The maximum Gasteiger partial charge on any atom is 0.277 e. The van der Waals surface area contributed by atoms with Gasteiger partial charge in [0.25, 0.3) is 5.56 Å². The Bertz CT molecular complexity index is 1760. The van der Waals surface area contributed by atoms with Gasteiger partial charge in [-0.1, -0.05) is 32.4 Å². The molecule has 2 heterocycles. The highest BCUT2D eigenvalue weighted by Crippen LogP contribution is 2.31. The molecule has 0 unspecified atom stereocenters. The first-order valence-electron chi connectivity index (χ1n) is 12.9. The number of benzene rings is 2. The van der Waals surface area contributed by atoms with Crippen LogP contribution in [0.1, 0.15) is 61.7 Å². The second-order valence-electron chi connectivity index (χ2n) is 9.49. The third kappa shape index (κ3) is 5.51. The predicted octanol–water partition coefficient (Wildman–Crippen LogP) is 5.50. The van der Waals surface area contributed by atoms with Crippen LogP contribution in [0.2, 0.25) is 0 Å². The quantitative estimate of drug-likeness (QED) is 0.286. The van der Waals surface area contributed by atoms with E-state index in [4.69, 9.17) is 0 Å². The number of aryl methyl sites for hydroxylation is 2.